The van der Waals surface area contributed by atoms with Crippen LogP contribution in [0.3, 0.4) is 0 Å². The smallest absolute Gasteiger partial charge is 0.508 e. The molecule has 2 atom stereocenters. The third-order valence-electron chi connectivity index (χ3n) is 2.90. The van der Waals surface area contributed by atoms with Crippen molar-refractivity contribution in [3.8, 4) is 0 Å². The predicted octanol–water partition coefficient (Wildman–Crippen LogP) is -1.71. The largest absolute Gasteiger partial charge is 0.524 e. The molecule has 0 amide bonds. The van der Waals surface area contributed by atoms with Crippen molar-refractivity contribution in [2.45, 2.75) is 43.6 Å². The fourth-order valence-electron chi connectivity index (χ4n) is 2.17. The summed E-state index contributed by atoms with van der Waals surface area (Å²) in [6.45, 7) is 1.57. The van der Waals surface area contributed by atoms with Gasteiger partial charge in [0.05, 0.1) is 12.2 Å². The molecule has 1 spiro atoms. The van der Waals surface area contributed by atoms with Gasteiger partial charge in [0.2, 0.25) is 0 Å². The zero-order chi connectivity index (χ0) is 11.2. The maximum absolute atomic E-state index is 11.5. The quantitative estimate of drug-likeness (QED) is 0.417. The van der Waals surface area contributed by atoms with Crippen molar-refractivity contribution in [2.75, 3.05) is 0 Å². The summed E-state index contributed by atoms with van der Waals surface area (Å²) in [5, 5.41) is 28.3. The molecule has 0 bridgehead atoms. The average Bonchev–Trinajstić information content (AvgIpc) is 2.38. The number of aliphatic hydroxyl groups is 3. The Morgan fingerprint density at radius 1 is 1.33 bits per heavy atom. The van der Waals surface area contributed by atoms with E-state index in [2.05, 4.69) is 0 Å². The summed E-state index contributed by atoms with van der Waals surface area (Å²) in [6.07, 6.45) is -3.68. The monoisotopic (exact) mass is 216 g/mol. The van der Waals surface area contributed by atoms with Gasteiger partial charge in [-0.1, -0.05) is 0 Å². The maximum atomic E-state index is 11.5. The highest BCUT2D eigenvalue weighted by molar-refractivity contribution is 6.47. The van der Waals surface area contributed by atoms with Gasteiger partial charge in [0.15, 0.2) is 5.60 Å². The van der Waals surface area contributed by atoms with Crippen LogP contribution in [0.2, 0.25) is 6.82 Å². The molecule has 3 N–H and O–H groups in total. The SMILES string of the molecule is CB1OC(=O)C2(C[C@@H](O)C(O)[C@H](O)C2)O1. The van der Waals surface area contributed by atoms with Crippen molar-refractivity contribution in [3.05, 3.63) is 0 Å². The third kappa shape index (κ3) is 1.65. The number of carbonyl (C=O) groups excluding carboxylic acids is 1. The topological polar surface area (TPSA) is 96.2 Å². The Hall–Kier alpha value is -0.625. The molecule has 1 saturated carbocycles. The lowest BCUT2D eigenvalue weighted by Gasteiger charge is -2.38. The Morgan fingerprint density at radius 3 is 2.27 bits per heavy atom. The molecule has 0 aromatic rings. The van der Waals surface area contributed by atoms with Gasteiger partial charge < -0.3 is 24.6 Å². The number of hydrogen-bond acceptors (Lipinski definition) is 6. The number of hydrogen-bond donors (Lipinski definition) is 3. The Kier molecular flexibility index (Phi) is 2.50. The minimum absolute atomic E-state index is 0.0472. The van der Waals surface area contributed by atoms with Crippen LogP contribution in [-0.2, 0) is 14.1 Å². The fourth-order valence-corrected chi connectivity index (χ4v) is 2.17. The van der Waals surface area contributed by atoms with E-state index in [-0.39, 0.29) is 12.8 Å². The first-order chi connectivity index (χ1) is 6.94. The van der Waals surface area contributed by atoms with Crippen LogP contribution >= 0.6 is 0 Å². The predicted molar refractivity (Wildman–Crippen MR) is 48.8 cm³/mol. The number of rotatable bonds is 0. The van der Waals surface area contributed by atoms with Gasteiger partial charge in [-0.15, -0.1) is 0 Å². The van der Waals surface area contributed by atoms with Gasteiger partial charge in [0.1, 0.15) is 6.10 Å². The maximum Gasteiger partial charge on any atom is 0.524 e. The molecule has 0 aromatic heterocycles. The van der Waals surface area contributed by atoms with Crippen LogP contribution in [0.5, 0.6) is 0 Å². The van der Waals surface area contributed by atoms with Gasteiger partial charge in [-0.2, -0.15) is 0 Å². The number of aliphatic hydroxyl groups excluding tert-OH is 3. The van der Waals surface area contributed by atoms with Crippen molar-refractivity contribution in [1.29, 1.82) is 0 Å². The molecule has 84 valence electrons. The first kappa shape index (κ1) is 10.9. The molecule has 0 aromatic carbocycles. The van der Waals surface area contributed by atoms with Crippen LogP contribution in [0.15, 0.2) is 0 Å². The second-order valence-corrected chi connectivity index (χ2v) is 4.12. The van der Waals surface area contributed by atoms with E-state index in [1.165, 1.54) is 0 Å². The average molecular weight is 216 g/mol. The molecular weight excluding hydrogens is 203 g/mol. The molecule has 2 aliphatic rings. The lowest BCUT2D eigenvalue weighted by molar-refractivity contribution is -0.167. The van der Waals surface area contributed by atoms with Gasteiger partial charge in [0.25, 0.3) is 0 Å². The first-order valence-electron chi connectivity index (χ1n) is 4.88. The first-order valence-corrected chi connectivity index (χ1v) is 4.88. The lowest BCUT2D eigenvalue weighted by atomic mass is 9.79. The second-order valence-electron chi connectivity index (χ2n) is 4.12. The minimum Gasteiger partial charge on any atom is -0.508 e. The van der Waals surface area contributed by atoms with E-state index in [1.807, 2.05) is 0 Å². The normalized spacial score (nSPS) is 46.0. The Balaban J connectivity index is 2.20. The molecule has 2 rings (SSSR count). The molecule has 1 aliphatic heterocycles. The highest BCUT2D eigenvalue weighted by Crippen LogP contribution is 2.37. The molecule has 0 radical (unpaired) electrons. The van der Waals surface area contributed by atoms with E-state index in [4.69, 9.17) is 9.31 Å². The van der Waals surface area contributed by atoms with Crippen LogP contribution in [0, 0.1) is 0 Å². The minimum atomic E-state index is -1.29. The summed E-state index contributed by atoms with van der Waals surface area (Å²) < 4.78 is 10.1. The van der Waals surface area contributed by atoms with Crippen LogP contribution in [-0.4, -0.2) is 52.3 Å². The molecule has 1 aliphatic carbocycles. The van der Waals surface area contributed by atoms with Crippen LogP contribution in [0.4, 0.5) is 0 Å². The van der Waals surface area contributed by atoms with E-state index in [1.54, 1.807) is 6.82 Å². The molecule has 6 nitrogen and oxygen atoms in total. The van der Waals surface area contributed by atoms with Crippen LogP contribution in [0.1, 0.15) is 12.8 Å². The van der Waals surface area contributed by atoms with Gasteiger partial charge in [-0.05, 0) is 6.82 Å². The molecule has 1 saturated heterocycles. The summed E-state index contributed by atoms with van der Waals surface area (Å²) in [5.41, 5.74) is -1.29. The zero-order valence-electron chi connectivity index (χ0n) is 8.29. The van der Waals surface area contributed by atoms with Gasteiger partial charge >= 0.3 is 13.1 Å². The highest BCUT2D eigenvalue weighted by Gasteiger charge is 2.57. The highest BCUT2D eigenvalue weighted by atomic mass is 16.7. The second kappa shape index (κ2) is 3.45. The van der Waals surface area contributed by atoms with Gasteiger partial charge in [0, 0.05) is 12.8 Å². The molecule has 2 fully saturated rings. The molecule has 1 heterocycles. The van der Waals surface area contributed by atoms with E-state index >= 15 is 0 Å². The van der Waals surface area contributed by atoms with Gasteiger partial charge in [-0.25, -0.2) is 0 Å². The molecule has 7 heteroatoms. The van der Waals surface area contributed by atoms with E-state index in [0.717, 1.165) is 0 Å². The summed E-state index contributed by atoms with van der Waals surface area (Å²) in [4.78, 5) is 11.5. The molecule has 15 heavy (non-hydrogen) atoms. The van der Waals surface area contributed by atoms with Crippen molar-refractivity contribution in [2.24, 2.45) is 0 Å². The Bertz CT molecular complexity index is 270. The molecule has 0 unspecified atom stereocenters. The van der Waals surface area contributed by atoms with Crippen molar-refractivity contribution in [1.82, 2.24) is 0 Å². The lowest BCUT2D eigenvalue weighted by Crippen LogP contribution is -2.55. The summed E-state index contributed by atoms with van der Waals surface area (Å²) in [6, 6.07) is 0. The summed E-state index contributed by atoms with van der Waals surface area (Å²) >= 11 is 0. The Morgan fingerprint density at radius 2 is 1.87 bits per heavy atom. The van der Waals surface area contributed by atoms with Crippen molar-refractivity contribution < 1.29 is 29.4 Å². The van der Waals surface area contributed by atoms with E-state index < -0.39 is 37.0 Å². The standard InChI is InChI=1S/C8H13BO6/c1-9-14-7(13)8(15-9)2-4(10)6(12)5(11)3-8/h4-6,10-12H,2-3H2,1H3/t4-,5-,6?,8?/m1/s1. The van der Waals surface area contributed by atoms with Crippen molar-refractivity contribution >= 4 is 13.1 Å². The zero-order valence-corrected chi connectivity index (χ0v) is 8.29. The third-order valence-corrected chi connectivity index (χ3v) is 2.90. The Labute approximate surface area is 86.9 Å². The molecular formula is C8H13BO6. The fraction of sp³-hybridized carbons (Fsp3) is 0.875. The number of carbonyl (C=O) groups is 1. The summed E-state index contributed by atoms with van der Waals surface area (Å²) in [7, 11) is -0.674. The van der Waals surface area contributed by atoms with Crippen LogP contribution in [0.25, 0.3) is 0 Å². The van der Waals surface area contributed by atoms with Gasteiger partial charge in [-0.3, -0.25) is 4.79 Å². The van der Waals surface area contributed by atoms with E-state index in [9.17, 15) is 20.1 Å². The summed E-state index contributed by atoms with van der Waals surface area (Å²) in [5.74, 6) is -0.583. The van der Waals surface area contributed by atoms with Crippen LogP contribution < -0.4 is 0 Å². The van der Waals surface area contributed by atoms with Crippen molar-refractivity contribution in [3.63, 3.8) is 0 Å². The van der Waals surface area contributed by atoms with E-state index in [0.29, 0.717) is 0 Å².